The van der Waals surface area contributed by atoms with Gasteiger partial charge in [0.2, 0.25) is 0 Å². The van der Waals surface area contributed by atoms with E-state index in [1.165, 1.54) is 5.52 Å². The maximum Gasteiger partial charge on any atom is 0.127 e. The molecule has 2 heterocycles. The molecule has 0 atom stereocenters. The van der Waals surface area contributed by atoms with Crippen molar-refractivity contribution in [2.24, 2.45) is 0 Å². The van der Waals surface area contributed by atoms with Crippen LogP contribution in [0.3, 0.4) is 0 Å². The molecule has 4 nitrogen and oxygen atoms in total. The summed E-state index contributed by atoms with van der Waals surface area (Å²) in [5.74, 6) is 2.10. The highest BCUT2D eigenvalue weighted by Gasteiger charge is 2.11. The molecule has 0 saturated heterocycles. The van der Waals surface area contributed by atoms with E-state index in [1.54, 1.807) is 0 Å². The summed E-state index contributed by atoms with van der Waals surface area (Å²) < 4.78 is 2.27. The number of nitrogens with one attached hydrogen (secondary N) is 1. The fraction of sp³-hybridized carbons (Fsp3) is 0.222. The van der Waals surface area contributed by atoms with Crippen LogP contribution in [0.4, 0.5) is 0 Å². The number of nitrogens with zero attached hydrogens (tertiary/aromatic N) is 3. The van der Waals surface area contributed by atoms with E-state index < -0.39 is 0 Å². The number of rotatable bonds is 4. The van der Waals surface area contributed by atoms with Crippen LogP contribution < -0.4 is 0 Å². The van der Waals surface area contributed by atoms with Crippen LogP contribution >= 0.6 is 0 Å². The summed E-state index contributed by atoms with van der Waals surface area (Å²) in [6.07, 6.45) is 2.07. The second-order valence-electron chi connectivity index (χ2n) is 5.55. The molecule has 0 saturated carbocycles. The quantitative estimate of drug-likeness (QED) is 0.619. The molecular formula is C18H18N4. The number of aryl methyl sites for hydroxylation is 1. The minimum Gasteiger partial charge on any atom is -0.340 e. The lowest BCUT2D eigenvalue weighted by Gasteiger charge is -2.06. The van der Waals surface area contributed by atoms with E-state index in [1.807, 2.05) is 24.3 Å². The van der Waals surface area contributed by atoms with Gasteiger partial charge in [0.15, 0.2) is 0 Å². The highest BCUT2D eigenvalue weighted by molar-refractivity contribution is 5.77. The summed E-state index contributed by atoms with van der Waals surface area (Å²) in [6, 6.07) is 16.4. The molecule has 0 unspecified atom stereocenters. The lowest BCUT2D eigenvalue weighted by molar-refractivity contribution is 0.701. The van der Waals surface area contributed by atoms with E-state index in [4.69, 9.17) is 9.97 Å². The first-order chi connectivity index (χ1) is 10.8. The van der Waals surface area contributed by atoms with Crippen molar-refractivity contribution in [1.29, 1.82) is 0 Å². The first-order valence-electron chi connectivity index (χ1n) is 7.73. The van der Waals surface area contributed by atoms with Crippen LogP contribution in [0.5, 0.6) is 0 Å². The monoisotopic (exact) mass is 290 g/mol. The fourth-order valence-corrected chi connectivity index (χ4v) is 2.95. The van der Waals surface area contributed by atoms with E-state index in [-0.39, 0.29) is 0 Å². The topological polar surface area (TPSA) is 46.5 Å². The Labute approximate surface area is 128 Å². The Hall–Kier alpha value is -2.62. The molecule has 0 spiro atoms. The van der Waals surface area contributed by atoms with Crippen LogP contribution in [0.15, 0.2) is 48.5 Å². The number of hydrogen-bond donors (Lipinski definition) is 1. The maximum absolute atomic E-state index is 4.77. The predicted molar refractivity (Wildman–Crippen MR) is 88.9 cm³/mol. The van der Waals surface area contributed by atoms with E-state index in [9.17, 15) is 0 Å². The average Bonchev–Trinajstić information content (AvgIpc) is 3.09. The Bertz CT molecular complexity index is 899. The second-order valence-corrected chi connectivity index (χ2v) is 5.55. The molecule has 0 aliphatic heterocycles. The van der Waals surface area contributed by atoms with E-state index in [0.29, 0.717) is 0 Å². The molecule has 2 aromatic carbocycles. The van der Waals surface area contributed by atoms with Gasteiger partial charge < -0.3 is 9.55 Å². The molecule has 4 rings (SSSR count). The molecule has 110 valence electrons. The van der Waals surface area contributed by atoms with Gasteiger partial charge in [-0.3, -0.25) is 0 Å². The van der Waals surface area contributed by atoms with Crippen molar-refractivity contribution in [2.45, 2.75) is 26.3 Å². The van der Waals surface area contributed by atoms with Crippen molar-refractivity contribution in [3.05, 3.63) is 60.2 Å². The number of aromatic nitrogens is 4. The molecule has 0 amide bonds. The minimum absolute atomic E-state index is 0.727. The van der Waals surface area contributed by atoms with Gasteiger partial charge in [0.05, 0.1) is 28.6 Å². The van der Waals surface area contributed by atoms with Crippen molar-refractivity contribution in [1.82, 2.24) is 19.5 Å². The lowest BCUT2D eigenvalue weighted by atomic mass is 10.3. The number of imidazole rings is 2. The van der Waals surface area contributed by atoms with Gasteiger partial charge in [0.1, 0.15) is 11.6 Å². The summed E-state index contributed by atoms with van der Waals surface area (Å²) in [6.45, 7) is 2.91. The largest absolute Gasteiger partial charge is 0.340 e. The predicted octanol–water partition coefficient (Wildman–Crippen LogP) is 3.91. The van der Waals surface area contributed by atoms with Gasteiger partial charge >= 0.3 is 0 Å². The van der Waals surface area contributed by atoms with E-state index in [0.717, 1.165) is 47.6 Å². The molecule has 0 aliphatic rings. The van der Waals surface area contributed by atoms with Crippen molar-refractivity contribution >= 4 is 22.1 Å². The zero-order chi connectivity index (χ0) is 14.9. The van der Waals surface area contributed by atoms with Crippen LogP contribution in [-0.2, 0) is 13.0 Å². The van der Waals surface area contributed by atoms with Gasteiger partial charge in [-0.15, -0.1) is 0 Å². The Kier molecular flexibility index (Phi) is 3.15. The van der Waals surface area contributed by atoms with E-state index >= 15 is 0 Å². The zero-order valence-electron chi connectivity index (χ0n) is 12.6. The van der Waals surface area contributed by atoms with Crippen LogP contribution in [-0.4, -0.2) is 19.5 Å². The molecule has 4 heteroatoms. The number of fused-ring (bicyclic) bond motifs is 2. The first kappa shape index (κ1) is 13.1. The van der Waals surface area contributed by atoms with E-state index in [2.05, 4.69) is 40.7 Å². The third-order valence-electron chi connectivity index (χ3n) is 3.95. The molecule has 22 heavy (non-hydrogen) atoms. The van der Waals surface area contributed by atoms with Gasteiger partial charge in [0, 0.05) is 6.42 Å². The average molecular weight is 290 g/mol. The Morgan fingerprint density at radius 1 is 0.955 bits per heavy atom. The van der Waals surface area contributed by atoms with Gasteiger partial charge in [0.25, 0.3) is 0 Å². The summed E-state index contributed by atoms with van der Waals surface area (Å²) in [4.78, 5) is 12.9. The molecule has 0 radical (unpaired) electrons. The van der Waals surface area contributed by atoms with Gasteiger partial charge in [-0.05, 0) is 30.7 Å². The fourth-order valence-electron chi connectivity index (χ4n) is 2.95. The third kappa shape index (κ3) is 2.17. The lowest BCUT2D eigenvalue weighted by Crippen LogP contribution is -2.06. The Morgan fingerprint density at radius 3 is 2.55 bits per heavy atom. The molecule has 2 aromatic heterocycles. The second kappa shape index (κ2) is 5.30. The summed E-state index contributed by atoms with van der Waals surface area (Å²) in [7, 11) is 0. The number of para-hydroxylation sites is 4. The molecule has 0 fully saturated rings. The summed E-state index contributed by atoms with van der Waals surface area (Å²) in [5, 5.41) is 0. The Morgan fingerprint density at radius 2 is 1.73 bits per heavy atom. The molecule has 1 N–H and O–H groups in total. The number of aromatic amines is 1. The summed E-state index contributed by atoms with van der Waals surface area (Å²) >= 11 is 0. The van der Waals surface area contributed by atoms with Gasteiger partial charge in [-0.25, -0.2) is 9.97 Å². The van der Waals surface area contributed by atoms with Crippen LogP contribution in [0.2, 0.25) is 0 Å². The molecule has 0 bridgehead atoms. The highest BCUT2D eigenvalue weighted by atomic mass is 15.1. The highest BCUT2D eigenvalue weighted by Crippen LogP contribution is 2.19. The minimum atomic E-state index is 0.727. The Balaban J connectivity index is 1.80. The normalized spacial score (nSPS) is 11.5. The SMILES string of the molecule is CCCc1nc2ccccc2n1Cc1nc2ccccc2[nH]1. The van der Waals surface area contributed by atoms with Crippen molar-refractivity contribution in [3.8, 4) is 0 Å². The van der Waals surface area contributed by atoms with Gasteiger partial charge in [-0.1, -0.05) is 31.2 Å². The number of H-pyrrole nitrogens is 1. The van der Waals surface area contributed by atoms with Crippen LogP contribution in [0.1, 0.15) is 25.0 Å². The summed E-state index contributed by atoms with van der Waals surface area (Å²) in [5.41, 5.74) is 4.33. The van der Waals surface area contributed by atoms with Crippen molar-refractivity contribution in [2.75, 3.05) is 0 Å². The zero-order valence-corrected chi connectivity index (χ0v) is 12.6. The number of hydrogen-bond acceptors (Lipinski definition) is 2. The van der Waals surface area contributed by atoms with Crippen molar-refractivity contribution < 1.29 is 0 Å². The number of benzene rings is 2. The van der Waals surface area contributed by atoms with Crippen LogP contribution in [0.25, 0.3) is 22.1 Å². The molecular weight excluding hydrogens is 272 g/mol. The standard InChI is InChI=1S/C18H18N4/c1-2-7-18-21-15-10-5-6-11-16(15)22(18)12-17-19-13-8-3-4-9-14(13)20-17/h3-6,8-11H,2,7,12H2,1H3,(H,19,20). The first-order valence-corrected chi connectivity index (χ1v) is 7.73. The third-order valence-corrected chi connectivity index (χ3v) is 3.95. The molecule has 0 aliphatic carbocycles. The van der Waals surface area contributed by atoms with Crippen molar-refractivity contribution in [3.63, 3.8) is 0 Å². The maximum atomic E-state index is 4.77. The molecule has 4 aromatic rings. The van der Waals surface area contributed by atoms with Crippen LogP contribution in [0, 0.1) is 0 Å². The van der Waals surface area contributed by atoms with Gasteiger partial charge in [-0.2, -0.15) is 0 Å². The smallest absolute Gasteiger partial charge is 0.127 e.